The van der Waals surface area contributed by atoms with Crippen molar-refractivity contribution in [3.8, 4) is 0 Å². The van der Waals surface area contributed by atoms with Crippen molar-refractivity contribution < 1.29 is 37.9 Å². The Labute approximate surface area is 323 Å². The van der Waals surface area contributed by atoms with Crippen LogP contribution in [0, 0.1) is 0 Å². The van der Waals surface area contributed by atoms with Crippen LogP contribution in [-0.4, -0.2) is 54.5 Å². The highest BCUT2D eigenvalue weighted by Gasteiger charge is 2.25. The molecule has 0 rings (SSSR count). The highest BCUT2D eigenvalue weighted by Crippen LogP contribution is 2.43. The predicted octanol–water partition coefficient (Wildman–Crippen LogP) is 11.3. The average Bonchev–Trinajstić information content (AvgIpc) is 3.14. The van der Waals surface area contributed by atoms with Crippen LogP contribution in [0.4, 0.5) is 0 Å². The van der Waals surface area contributed by atoms with Gasteiger partial charge in [-0.1, -0.05) is 139 Å². The third kappa shape index (κ3) is 39.3. The SMILES string of the molecule is CCCCCCCC/C=C\CCCCCC/C=C/OC[C@H](COP(=O)(O)OCCN)OC(=O)CCC/C=C\C/C=C\C/C=C\C=C\[C@@H](O)CCCCC. The molecule has 53 heavy (non-hydrogen) atoms. The van der Waals surface area contributed by atoms with Crippen molar-refractivity contribution >= 4 is 13.8 Å². The van der Waals surface area contributed by atoms with Crippen molar-refractivity contribution in [2.45, 2.75) is 167 Å². The summed E-state index contributed by atoms with van der Waals surface area (Å²) in [5.74, 6) is -0.429. The first-order valence-electron chi connectivity index (χ1n) is 20.6. The Balaban J connectivity index is 4.30. The van der Waals surface area contributed by atoms with Gasteiger partial charge in [0.15, 0.2) is 6.10 Å². The summed E-state index contributed by atoms with van der Waals surface area (Å²) < 4.78 is 33.0. The van der Waals surface area contributed by atoms with Gasteiger partial charge in [0.1, 0.15) is 6.61 Å². The molecule has 306 valence electrons. The highest BCUT2D eigenvalue weighted by atomic mass is 31.2. The maximum absolute atomic E-state index is 12.5. The Hall–Kier alpha value is -2.26. The second kappa shape index (κ2) is 39.4. The third-order valence-corrected chi connectivity index (χ3v) is 9.25. The summed E-state index contributed by atoms with van der Waals surface area (Å²) >= 11 is 0. The minimum atomic E-state index is -4.32. The van der Waals surface area contributed by atoms with Crippen LogP contribution in [0.1, 0.15) is 155 Å². The van der Waals surface area contributed by atoms with Crippen LogP contribution in [0.2, 0.25) is 0 Å². The topological polar surface area (TPSA) is 138 Å². The van der Waals surface area contributed by atoms with E-state index in [-0.39, 0.29) is 38.9 Å². The van der Waals surface area contributed by atoms with E-state index >= 15 is 0 Å². The molecule has 0 aliphatic heterocycles. The fourth-order valence-corrected chi connectivity index (χ4v) is 5.94. The summed E-state index contributed by atoms with van der Waals surface area (Å²) in [4.78, 5) is 22.4. The van der Waals surface area contributed by atoms with Crippen LogP contribution in [0.25, 0.3) is 0 Å². The maximum Gasteiger partial charge on any atom is 0.472 e. The van der Waals surface area contributed by atoms with Crippen molar-refractivity contribution in [1.82, 2.24) is 0 Å². The molecule has 9 nitrogen and oxygen atoms in total. The van der Waals surface area contributed by atoms with Gasteiger partial charge in [0, 0.05) is 13.0 Å². The first kappa shape index (κ1) is 50.7. The smallest absolute Gasteiger partial charge is 0.472 e. The molecular weight excluding hydrogens is 689 g/mol. The number of nitrogens with two attached hydrogens (primary N) is 1. The van der Waals surface area contributed by atoms with Crippen LogP contribution >= 0.6 is 7.82 Å². The third-order valence-electron chi connectivity index (χ3n) is 8.26. The Kier molecular flexibility index (Phi) is 37.8. The molecule has 0 aliphatic carbocycles. The summed E-state index contributed by atoms with van der Waals surface area (Å²) in [5.41, 5.74) is 5.35. The molecule has 0 saturated heterocycles. The van der Waals surface area contributed by atoms with Gasteiger partial charge in [-0.05, 0) is 76.7 Å². The Bertz CT molecular complexity index is 1050. The van der Waals surface area contributed by atoms with Gasteiger partial charge in [0.2, 0.25) is 0 Å². The van der Waals surface area contributed by atoms with E-state index in [9.17, 15) is 19.4 Å². The van der Waals surface area contributed by atoms with E-state index in [1.807, 2.05) is 36.5 Å². The lowest BCUT2D eigenvalue weighted by Gasteiger charge is -2.19. The molecule has 0 fully saturated rings. The summed E-state index contributed by atoms with van der Waals surface area (Å²) in [5, 5.41) is 9.89. The van der Waals surface area contributed by atoms with Crippen molar-refractivity contribution in [2.24, 2.45) is 5.73 Å². The average molecular weight is 766 g/mol. The van der Waals surface area contributed by atoms with Crippen LogP contribution < -0.4 is 5.73 Å². The van der Waals surface area contributed by atoms with Crippen molar-refractivity contribution in [3.05, 3.63) is 73.1 Å². The van der Waals surface area contributed by atoms with Crippen molar-refractivity contribution in [1.29, 1.82) is 0 Å². The fourth-order valence-electron chi connectivity index (χ4n) is 5.18. The highest BCUT2D eigenvalue weighted by molar-refractivity contribution is 7.47. The number of aliphatic hydroxyl groups is 1. The minimum Gasteiger partial charge on any atom is -0.498 e. The molecule has 0 aromatic heterocycles. The molecule has 0 heterocycles. The minimum absolute atomic E-state index is 0.0110. The van der Waals surface area contributed by atoms with Gasteiger partial charge in [-0.2, -0.15) is 0 Å². The van der Waals surface area contributed by atoms with Crippen LogP contribution in [-0.2, 0) is 27.9 Å². The number of carbonyl (C=O) groups is 1. The van der Waals surface area contributed by atoms with Gasteiger partial charge in [0.25, 0.3) is 0 Å². The zero-order chi connectivity index (χ0) is 38.9. The first-order chi connectivity index (χ1) is 25.8. The molecule has 1 unspecified atom stereocenters. The lowest BCUT2D eigenvalue weighted by atomic mass is 10.1. The fraction of sp³-hybridized carbons (Fsp3) is 0.698. The molecule has 0 bridgehead atoms. The summed E-state index contributed by atoms with van der Waals surface area (Å²) in [7, 11) is -4.32. The zero-order valence-corrected chi connectivity index (χ0v) is 34.2. The second-order valence-corrected chi connectivity index (χ2v) is 14.9. The number of hydrogen-bond donors (Lipinski definition) is 3. The number of allylic oxidation sites excluding steroid dienone is 10. The first-order valence-corrected chi connectivity index (χ1v) is 22.1. The van der Waals surface area contributed by atoms with E-state index in [1.54, 1.807) is 6.26 Å². The number of hydrogen-bond acceptors (Lipinski definition) is 8. The van der Waals surface area contributed by atoms with Gasteiger partial charge in [-0.25, -0.2) is 4.57 Å². The number of phosphoric acid groups is 1. The molecule has 0 aliphatic rings. The molecule has 0 amide bonds. The molecule has 0 saturated carbocycles. The van der Waals surface area contributed by atoms with Crippen molar-refractivity contribution in [2.75, 3.05) is 26.4 Å². The largest absolute Gasteiger partial charge is 0.498 e. The van der Waals surface area contributed by atoms with Crippen molar-refractivity contribution in [3.63, 3.8) is 0 Å². The number of esters is 1. The Morgan fingerprint density at radius 1 is 0.679 bits per heavy atom. The normalized spacial score (nSPS) is 14.8. The number of phosphoric ester groups is 1. The van der Waals surface area contributed by atoms with Gasteiger partial charge >= 0.3 is 13.8 Å². The summed E-state index contributed by atoms with van der Waals surface area (Å²) in [6, 6.07) is 0. The van der Waals surface area contributed by atoms with E-state index in [0.717, 1.165) is 70.6 Å². The van der Waals surface area contributed by atoms with Gasteiger partial charge in [-0.3, -0.25) is 13.8 Å². The van der Waals surface area contributed by atoms with Crippen LogP contribution in [0.5, 0.6) is 0 Å². The van der Waals surface area contributed by atoms with E-state index in [4.69, 9.17) is 24.3 Å². The van der Waals surface area contributed by atoms with E-state index in [1.165, 1.54) is 57.8 Å². The van der Waals surface area contributed by atoms with Gasteiger partial charge < -0.3 is 25.2 Å². The van der Waals surface area contributed by atoms with E-state index < -0.39 is 19.9 Å². The predicted molar refractivity (Wildman–Crippen MR) is 220 cm³/mol. The second-order valence-electron chi connectivity index (χ2n) is 13.4. The molecule has 3 atom stereocenters. The number of carbonyl (C=O) groups excluding carboxylic acids is 1. The van der Waals surface area contributed by atoms with Gasteiger partial charge in [-0.15, -0.1) is 0 Å². The monoisotopic (exact) mass is 766 g/mol. The van der Waals surface area contributed by atoms with Crippen LogP contribution in [0.3, 0.4) is 0 Å². The maximum atomic E-state index is 12.5. The molecule has 0 spiro atoms. The quantitative estimate of drug-likeness (QED) is 0.0140. The number of ether oxygens (including phenoxy) is 2. The number of aliphatic hydroxyl groups excluding tert-OH is 1. The summed E-state index contributed by atoms with van der Waals surface area (Å²) in [6.07, 6.45) is 46.3. The number of unbranched alkanes of at least 4 members (excludes halogenated alkanes) is 14. The molecule has 4 N–H and O–H groups in total. The molecule has 0 radical (unpaired) electrons. The lowest BCUT2D eigenvalue weighted by Crippen LogP contribution is -2.27. The summed E-state index contributed by atoms with van der Waals surface area (Å²) in [6.45, 7) is 4.00. The number of rotatable bonds is 38. The molecule has 10 heteroatoms. The Morgan fingerprint density at radius 3 is 1.92 bits per heavy atom. The zero-order valence-electron chi connectivity index (χ0n) is 33.3. The van der Waals surface area contributed by atoms with Gasteiger partial charge in [0.05, 0.1) is 25.6 Å². The lowest BCUT2D eigenvalue weighted by molar-refractivity contribution is -0.153. The van der Waals surface area contributed by atoms with E-state index in [0.29, 0.717) is 6.42 Å². The standard InChI is InChI=1S/C43H76NO8P/c1-3-5-7-8-9-10-11-12-13-14-15-19-22-25-28-32-37-49-39-42(40-51-53(47,48)50-38-36-44)52-43(46)35-31-27-24-21-18-16-17-20-23-26-30-34-41(45)33-29-6-4-2/h12-13,16-17,21,23-24,26,30,32,34,37,41-42,45H,3-11,14-15,18-20,22,25,27-29,31,33,35-36,38-40,44H2,1-2H3,(H,47,48)/b13-12-,17-16-,24-21-,26-23-,34-30+,37-32+/t41-,42+/m0/s1. The van der Waals surface area contributed by atoms with Crippen LogP contribution in [0.15, 0.2) is 73.1 Å². The van der Waals surface area contributed by atoms with E-state index in [2.05, 4.69) is 44.2 Å². The Morgan fingerprint density at radius 2 is 1.25 bits per heavy atom. The molecular formula is C43H76NO8P. The molecule has 0 aromatic rings. The molecule has 0 aromatic carbocycles.